The summed E-state index contributed by atoms with van der Waals surface area (Å²) in [6.07, 6.45) is 2.05. The van der Waals surface area contributed by atoms with Crippen molar-refractivity contribution in [2.24, 2.45) is 0 Å². The summed E-state index contributed by atoms with van der Waals surface area (Å²) in [5, 5.41) is 16.0. The molecule has 0 saturated heterocycles. The van der Waals surface area contributed by atoms with Gasteiger partial charge in [-0.3, -0.25) is 5.10 Å². The molecule has 74 valence electrons. The Morgan fingerprint density at radius 2 is 2.46 bits per heavy atom. The number of nitrogens with one attached hydrogen (secondary N) is 1. The number of aliphatic hydroxyl groups is 1. The SMILES string of the molecule is CSC(C)Cn1c(CO)n[nH]c1=S. The van der Waals surface area contributed by atoms with Crippen molar-refractivity contribution >= 4 is 24.0 Å². The highest BCUT2D eigenvalue weighted by molar-refractivity contribution is 7.99. The molecule has 4 nitrogen and oxygen atoms in total. The summed E-state index contributed by atoms with van der Waals surface area (Å²) in [5.41, 5.74) is 0. The number of aromatic nitrogens is 3. The molecule has 0 aliphatic rings. The average molecular weight is 219 g/mol. The van der Waals surface area contributed by atoms with E-state index in [-0.39, 0.29) is 6.61 Å². The fourth-order valence-electron chi connectivity index (χ4n) is 0.991. The predicted molar refractivity (Wildman–Crippen MR) is 56.3 cm³/mol. The molecular formula is C7H13N3OS2. The van der Waals surface area contributed by atoms with Gasteiger partial charge in [-0.1, -0.05) is 6.92 Å². The molecule has 0 aromatic carbocycles. The van der Waals surface area contributed by atoms with Gasteiger partial charge in [0.25, 0.3) is 0 Å². The predicted octanol–water partition coefficient (Wildman–Crippen LogP) is 1.18. The van der Waals surface area contributed by atoms with Crippen LogP contribution in [0.1, 0.15) is 12.7 Å². The van der Waals surface area contributed by atoms with Crippen molar-refractivity contribution in [1.82, 2.24) is 14.8 Å². The van der Waals surface area contributed by atoms with Gasteiger partial charge < -0.3 is 9.67 Å². The standard InChI is InChI=1S/C7H13N3OS2/c1-5(13-2)3-10-6(4-11)8-9-7(10)12/h5,11H,3-4H2,1-2H3,(H,9,12). The van der Waals surface area contributed by atoms with Crippen molar-refractivity contribution in [2.75, 3.05) is 6.26 Å². The number of H-pyrrole nitrogens is 1. The highest BCUT2D eigenvalue weighted by atomic mass is 32.2. The monoisotopic (exact) mass is 219 g/mol. The number of nitrogens with zero attached hydrogens (tertiary/aromatic N) is 2. The number of aliphatic hydroxyl groups excluding tert-OH is 1. The summed E-state index contributed by atoms with van der Waals surface area (Å²) < 4.78 is 2.40. The summed E-state index contributed by atoms with van der Waals surface area (Å²) >= 11 is 6.79. The first-order valence-electron chi connectivity index (χ1n) is 3.96. The van der Waals surface area contributed by atoms with Crippen LogP contribution in [-0.2, 0) is 13.2 Å². The third-order valence-corrected chi connectivity index (χ3v) is 3.09. The van der Waals surface area contributed by atoms with Crippen LogP contribution in [0.2, 0.25) is 0 Å². The average Bonchev–Trinajstić information content (AvgIpc) is 2.48. The summed E-state index contributed by atoms with van der Waals surface area (Å²) in [7, 11) is 0. The Morgan fingerprint density at radius 1 is 1.77 bits per heavy atom. The van der Waals surface area contributed by atoms with E-state index in [9.17, 15) is 0 Å². The number of rotatable bonds is 4. The maximum atomic E-state index is 8.96. The summed E-state index contributed by atoms with van der Waals surface area (Å²) in [4.78, 5) is 0. The first-order valence-corrected chi connectivity index (χ1v) is 5.66. The van der Waals surface area contributed by atoms with Crippen LogP contribution in [0.5, 0.6) is 0 Å². The van der Waals surface area contributed by atoms with E-state index >= 15 is 0 Å². The molecule has 1 heterocycles. The number of thioether (sulfide) groups is 1. The van der Waals surface area contributed by atoms with Crippen molar-refractivity contribution in [3.63, 3.8) is 0 Å². The van der Waals surface area contributed by atoms with Crippen LogP contribution < -0.4 is 0 Å². The minimum atomic E-state index is -0.0752. The lowest BCUT2D eigenvalue weighted by molar-refractivity contribution is 0.264. The van der Waals surface area contributed by atoms with Crippen LogP contribution >= 0.6 is 24.0 Å². The first-order chi connectivity index (χ1) is 6.19. The Balaban J connectivity index is 2.85. The lowest BCUT2D eigenvalue weighted by atomic mass is 10.4. The zero-order chi connectivity index (χ0) is 9.84. The molecule has 0 bridgehead atoms. The van der Waals surface area contributed by atoms with E-state index in [0.717, 1.165) is 6.54 Å². The van der Waals surface area contributed by atoms with Gasteiger partial charge in [-0.15, -0.1) is 0 Å². The Bertz CT molecular complexity index is 320. The quantitative estimate of drug-likeness (QED) is 0.747. The smallest absolute Gasteiger partial charge is 0.195 e. The van der Waals surface area contributed by atoms with E-state index in [0.29, 0.717) is 15.8 Å². The minimum Gasteiger partial charge on any atom is -0.388 e. The van der Waals surface area contributed by atoms with Gasteiger partial charge in [-0.2, -0.15) is 16.9 Å². The van der Waals surface area contributed by atoms with E-state index < -0.39 is 0 Å². The number of hydrogen-bond donors (Lipinski definition) is 2. The van der Waals surface area contributed by atoms with Gasteiger partial charge in [-0.05, 0) is 18.5 Å². The van der Waals surface area contributed by atoms with E-state index in [2.05, 4.69) is 17.1 Å². The molecule has 1 unspecified atom stereocenters. The van der Waals surface area contributed by atoms with Gasteiger partial charge in [0.15, 0.2) is 10.6 Å². The molecule has 0 spiro atoms. The Kier molecular flexibility index (Phi) is 3.95. The zero-order valence-electron chi connectivity index (χ0n) is 7.65. The van der Waals surface area contributed by atoms with Crippen LogP contribution in [0.4, 0.5) is 0 Å². The molecule has 13 heavy (non-hydrogen) atoms. The zero-order valence-corrected chi connectivity index (χ0v) is 9.28. The number of aromatic amines is 1. The lowest BCUT2D eigenvalue weighted by Crippen LogP contribution is -2.12. The van der Waals surface area contributed by atoms with Crippen LogP contribution in [0.25, 0.3) is 0 Å². The van der Waals surface area contributed by atoms with Gasteiger partial charge in [0.1, 0.15) is 6.61 Å². The third-order valence-electron chi connectivity index (χ3n) is 1.82. The fourth-order valence-corrected chi connectivity index (χ4v) is 1.51. The summed E-state index contributed by atoms with van der Waals surface area (Å²) in [5.74, 6) is 0.603. The molecule has 1 atom stereocenters. The number of hydrogen-bond acceptors (Lipinski definition) is 4. The highest BCUT2D eigenvalue weighted by Gasteiger charge is 2.07. The molecule has 0 aliphatic carbocycles. The largest absolute Gasteiger partial charge is 0.388 e. The Labute approximate surface area is 86.4 Å². The third kappa shape index (κ3) is 2.55. The van der Waals surface area contributed by atoms with Crippen LogP contribution in [-0.4, -0.2) is 31.4 Å². The van der Waals surface area contributed by atoms with Crippen molar-refractivity contribution in [3.8, 4) is 0 Å². The van der Waals surface area contributed by atoms with E-state index in [1.54, 1.807) is 11.8 Å². The van der Waals surface area contributed by atoms with E-state index in [1.165, 1.54) is 0 Å². The van der Waals surface area contributed by atoms with Gasteiger partial charge in [0.2, 0.25) is 0 Å². The van der Waals surface area contributed by atoms with Crippen molar-refractivity contribution in [2.45, 2.75) is 25.3 Å². The molecule has 1 rings (SSSR count). The normalized spacial score (nSPS) is 13.2. The second-order valence-corrected chi connectivity index (χ2v) is 4.42. The molecule has 6 heteroatoms. The van der Waals surface area contributed by atoms with Gasteiger partial charge >= 0.3 is 0 Å². The molecule has 2 N–H and O–H groups in total. The fraction of sp³-hybridized carbons (Fsp3) is 0.714. The van der Waals surface area contributed by atoms with Crippen molar-refractivity contribution in [3.05, 3.63) is 10.6 Å². The molecule has 0 saturated carbocycles. The van der Waals surface area contributed by atoms with E-state index in [4.69, 9.17) is 17.3 Å². The highest BCUT2D eigenvalue weighted by Crippen LogP contribution is 2.09. The van der Waals surface area contributed by atoms with Crippen molar-refractivity contribution in [1.29, 1.82) is 0 Å². The van der Waals surface area contributed by atoms with Gasteiger partial charge in [0.05, 0.1) is 0 Å². The maximum absolute atomic E-state index is 8.96. The second kappa shape index (κ2) is 4.78. The lowest BCUT2D eigenvalue weighted by Gasteiger charge is -2.09. The Hall–Kier alpha value is -0.330. The molecule has 0 aliphatic heterocycles. The molecule has 1 aromatic heterocycles. The second-order valence-electron chi connectivity index (χ2n) is 2.76. The van der Waals surface area contributed by atoms with Gasteiger partial charge in [0, 0.05) is 11.8 Å². The summed E-state index contributed by atoms with van der Waals surface area (Å²) in [6.45, 7) is 2.82. The topological polar surface area (TPSA) is 53.8 Å². The Morgan fingerprint density at radius 3 is 3.00 bits per heavy atom. The molecule has 0 radical (unpaired) electrons. The molecular weight excluding hydrogens is 206 g/mol. The maximum Gasteiger partial charge on any atom is 0.195 e. The van der Waals surface area contributed by atoms with Crippen LogP contribution in [0.3, 0.4) is 0 Å². The van der Waals surface area contributed by atoms with E-state index in [1.807, 2.05) is 10.8 Å². The van der Waals surface area contributed by atoms with Crippen molar-refractivity contribution < 1.29 is 5.11 Å². The summed E-state index contributed by atoms with van der Waals surface area (Å²) in [6, 6.07) is 0. The van der Waals surface area contributed by atoms with Crippen LogP contribution in [0, 0.1) is 4.77 Å². The molecule has 0 fully saturated rings. The molecule has 1 aromatic rings. The first kappa shape index (κ1) is 10.7. The minimum absolute atomic E-state index is 0.0752. The molecule has 0 amide bonds. The van der Waals surface area contributed by atoms with Crippen LogP contribution in [0.15, 0.2) is 0 Å². The van der Waals surface area contributed by atoms with Gasteiger partial charge in [-0.25, -0.2) is 0 Å².